The predicted octanol–water partition coefficient (Wildman–Crippen LogP) is 4.04. The number of amides is 1. The number of carbonyl (C=O) groups is 2. The number of aryl methyl sites for hydroxylation is 1. The average molecular weight is 394 g/mol. The van der Waals surface area contributed by atoms with Crippen LogP contribution in [-0.4, -0.2) is 24.0 Å². The summed E-state index contributed by atoms with van der Waals surface area (Å²) in [7, 11) is 1.32. The molecule has 2 aromatic carbocycles. The molecule has 3 rings (SSSR count). The van der Waals surface area contributed by atoms with Crippen molar-refractivity contribution in [3.05, 3.63) is 88.9 Å². The van der Waals surface area contributed by atoms with E-state index in [9.17, 15) is 14.0 Å². The van der Waals surface area contributed by atoms with Crippen LogP contribution in [0.5, 0.6) is 11.6 Å². The molecule has 1 heterocycles. The Morgan fingerprint density at radius 2 is 1.76 bits per heavy atom. The molecule has 0 unspecified atom stereocenters. The van der Waals surface area contributed by atoms with E-state index < -0.39 is 5.97 Å². The fourth-order valence-corrected chi connectivity index (χ4v) is 2.57. The largest absolute Gasteiger partial charge is 0.465 e. The molecule has 0 saturated heterocycles. The van der Waals surface area contributed by atoms with Crippen LogP contribution < -0.4 is 10.1 Å². The van der Waals surface area contributed by atoms with E-state index in [1.54, 1.807) is 36.5 Å². The van der Waals surface area contributed by atoms with Crippen LogP contribution in [0, 0.1) is 12.7 Å². The molecule has 6 nitrogen and oxygen atoms in total. The highest BCUT2D eigenvalue weighted by Crippen LogP contribution is 2.24. The van der Waals surface area contributed by atoms with Crippen molar-refractivity contribution in [3.63, 3.8) is 0 Å². The lowest BCUT2D eigenvalue weighted by atomic mass is 10.1. The highest BCUT2D eigenvalue weighted by Gasteiger charge is 2.15. The monoisotopic (exact) mass is 394 g/mol. The van der Waals surface area contributed by atoms with E-state index >= 15 is 0 Å². The topological polar surface area (TPSA) is 77.5 Å². The second kappa shape index (κ2) is 8.97. The number of aromatic nitrogens is 1. The maximum Gasteiger partial charge on any atom is 0.337 e. The summed E-state index contributed by atoms with van der Waals surface area (Å²) in [6.45, 7) is 2.07. The molecular formula is C22H19FN2O4. The predicted molar refractivity (Wildman–Crippen MR) is 104 cm³/mol. The first-order chi connectivity index (χ1) is 14.0. The molecule has 0 aliphatic rings. The van der Waals surface area contributed by atoms with Crippen LogP contribution in [0.4, 0.5) is 4.39 Å². The summed E-state index contributed by atoms with van der Waals surface area (Å²) in [6, 6.07) is 13.8. The summed E-state index contributed by atoms with van der Waals surface area (Å²) in [4.78, 5) is 28.4. The molecule has 1 aromatic heterocycles. The minimum absolute atomic E-state index is 0.126. The number of rotatable bonds is 6. The second-order valence-corrected chi connectivity index (χ2v) is 6.29. The highest BCUT2D eigenvalue weighted by atomic mass is 19.1. The van der Waals surface area contributed by atoms with Crippen molar-refractivity contribution in [1.82, 2.24) is 10.3 Å². The molecule has 0 aliphatic heterocycles. The van der Waals surface area contributed by atoms with Crippen molar-refractivity contribution in [1.29, 1.82) is 0 Å². The zero-order chi connectivity index (χ0) is 20.8. The van der Waals surface area contributed by atoms with Gasteiger partial charge < -0.3 is 14.8 Å². The normalized spacial score (nSPS) is 10.3. The third-order valence-electron chi connectivity index (χ3n) is 4.09. The van der Waals surface area contributed by atoms with E-state index in [-0.39, 0.29) is 29.7 Å². The molecule has 0 aliphatic carbocycles. The summed E-state index contributed by atoms with van der Waals surface area (Å²) < 4.78 is 23.4. The molecule has 1 N–H and O–H groups in total. The minimum Gasteiger partial charge on any atom is -0.465 e. The van der Waals surface area contributed by atoms with Crippen molar-refractivity contribution < 1.29 is 23.5 Å². The van der Waals surface area contributed by atoms with E-state index in [2.05, 4.69) is 15.0 Å². The molecule has 7 heteroatoms. The van der Waals surface area contributed by atoms with Gasteiger partial charge in [0.25, 0.3) is 5.91 Å². The molecule has 0 bridgehead atoms. The Morgan fingerprint density at radius 3 is 2.41 bits per heavy atom. The van der Waals surface area contributed by atoms with Crippen molar-refractivity contribution in [2.75, 3.05) is 7.11 Å². The Morgan fingerprint density at radius 1 is 1.07 bits per heavy atom. The van der Waals surface area contributed by atoms with Gasteiger partial charge in [0.15, 0.2) is 0 Å². The van der Waals surface area contributed by atoms with Gasteiger partial charge in [0.1, 0.15) is 17.1 Å². The van der Waals surface area contributed by atoms with Gasteiger partial charge in [-0.2, -0.15) is 0 Å². The van der Waals surface area contributed by atoms with Crippen LogP contribution in [0.3, 0.4) is 0 Å². The molecule has 0 radical (unpaired) electrons. The van der Waals surface area contributed by atoms with Crippen LogP contribution in [0.25, 0.3) is 0 Å². The molecule has 0 fully saturated rings. The number of esters is 1. The lowest BCUT2D eigenvalue weighted by Crippen LogP contribution is -2.23. The molecule has 0 spiro atoms. The standard InChI is InChI=1S/C22H19FN2O4/c1-14-11-19(21(25-12-14)29-18-9-7-17(23)8-10-18)20(26)24-13-15-3-5-16(6-4-15)22(27)28-2/h3-12H,13H2,1-2H3,(H,24,26). The summed E-state index contributed by atoms with van der Waals surface area (Å²) in [5.41, 5.74) is 2.30. The first kappa shape index (κ1) is 20.0. The van der Waals surface area contributed by atoms with Crippen LogP contribution in [0.15, 0.2) is 60.8 Å². The van der Waals surface area contributed by atoms with Crippen molar-refractivity contribution in [3.8, 4) is 11.6 Å². The number of benzene rings is 2. The van der Waals surface area contributed by atoms with E-state index in [0.717, 1.165) is 11.1 Å². The van der Waals surface area contributed by atoms with E-state index in [0.29, 0.717) is 11.3 Å². The maximum absolute atomic E-state index is 13.1. The van der Waals surface area contributed by atoms with Crippen LogP contribution in [-0.2, 0) is 11.3 Å². The van der Waals surface area contributed by atoms with Crippen molar-refractivity contribution in [2.24, 2.45) is 0 Å². The molecule has 1 amide bonds. The Kier molecular flexibility index (Phi) is 6.19. The third kappa shape index (κ3) is 5.16. The van der Waals surface area contributed by atoms with Gasteiger partial charge in [-0.05, 0) is 60.5 Å². The number of hydrogen-bond acceptors (Lipinski definition) is 5. The SMILES string of the molecule is COC(=O)c1ccc(CNC(=O)c2cc(C)cnc2Oc2ccc(F)cc2)cc1. The van der Waals surface area contributed by atoms with Crippen molar-refractivity contribution >= 4 is 11.9 Å². The lowest BCUT2D eigenvalue weighted by molar-refractivity contribution is 0.0600. The Hall–Kier alpha value is -3.74. The molecule has 29 heavy (non-hydrogen) atoms. The van der Waals surface area contributed by atoms with Crippen molar-refractivity contribution in [2.45, 2.75) is 13.5 Å². The summed E-state index contributed by atoms with van der Waals surface area (Å²) in [5, 5.41) is 2.81. The average Bonchev–Trinajstić information content (AvgIpc) is 2.74. The number of nitrogens with one attached hydrogen (secondary N) is 1. The van der Waals surface area contributed by atoms with Crippen LogP contribution >= 0.6 is 0 Å². The molecule has 3 aromatic rings. The van der Waals surface area contributed by atoms with E-state index in [4.69, 9.17) is 4.74 Å². The van der Waals surface area contributed by atoms with Crippen LogP contribution in [0.2, 0.25) is 0 Å². The fraction of sp³-hybridized carbons (Fsp3) is 0.136. The van der Waals surface area contributed by atoms with Crippen LogP contribution in [0.1, 0.15) is 31.8 Å². The van der Waals surface area contributed by atoms with Gasteiger partial charge in [-0.15, -0.1) is 0 Å². The number of ether oxygens (including phenoxy) is 2. The first-order valence-corrected chi connectivity index (χ1v) is 8.82. The molecule has 0 atom stereocenters. The summed E-state index contributed by atoms with van der Waals surface area (Å²) in [5.74, 6) is -0.675. The minimum atomic E-state index is -0.422. The Bertz CT molecular complexity index is 1020. The van der Waals surface area contributed by atoms with E-state index in [1.807, 2.05) is 6.92 Å². The van der Waals surface area contributed by atoms with Gasteiger partial charge in [0.05, 0.1) is 12.7 Å². The highest BCUT2D eigenvalue weighted by molar-refractivity contribution is 5.96. The number of pyridine rings is 1. The van der Waals surface area contributed by atoms with E-state index in [1.165, 1.54) is 31.4 Å². The van der Waals surface area contributed by atoms with Gasteiger partial charge in [-0.1, -0.05) is 12.1 Å². The Labute approximate surface area is 167 Å². The van der Waals surface area contributed by atoms with Gasteiger partial charge in [-0.3, -0.25) is 4.79 Å². The zero-order valence-electron chi connectivity index (χ0n) is 15.9. The maximum atomic E-state index is 13.1. The van der Waals surface area contributed by atoms with Gasteiger partial charge in [-0.25, -0.2) is 14.2 Å². The Balaban J connectivity index is 1.72. The zero-order valence-corrected chi connectivity index (χ0v) is 15.9. The first-order valence-electron chi connectivity index (χ1n) is 8.82. The number of halogens is 1. The van der Waals surface area contributed by atoms with Gasteiger partial charge >= 0.3 is 5.97 Å². The number of nitrogens with zero attached hydrogens (tertiary/aromatic N) is 1. The lowest BCUT2D eigenvalue weighted by Gasteiger charge is -2.11. The number of carbonyl (C=O) groups excluding carboxylic acids is 2. The molecule has 0 saturated carbocycles. The number of methoxy groups -OCH3 is 1. The third-order valence-corrected chi connectivity index (χ3v) is 4.09. The van der Waals surface area contributed by atoms with Gasteiger partial charge in [0, 0.05) is 12.7 Å². The fourth-order valence-electron chi connectivity index (χ4n) is 2.57. The second-order valence-electron chi connectivity index (χ2n) is 6.29. The number of hydrogen-bond donors (Lipinski definition) is 1. The summed E-state index contributed by atoms with van der Waals surface area (Å²) in [6.07, 6.45) is 1.58. The molecular weight excluding hydrogens is 375 g/mol. The van der Waals surface area contributed by atoms with Gasteiger partial charge in [0.2, 0.25) is 5.88 Å². The summed E-state index contributed by atoms with van der Waals surface area (Å²) >= 11 is 0. The molecule has 148 valence electrons. The smallest absolute Gasteiger partial charge is 0.337 e. The quantitative estimate of drug-likeness (QED) is 0.639.